The van der Waals surface area contributed by atoms with Gasteiger partial charge in [-0.1, -0.05) is 0 Å². The van der Waals surface area contributed by atoms with Gasteiger partial charge in [0.05, 0.1) is 12.4 Å². The molecule has 7 nitrogen and oxygen atoms in total. The van der Waals surface area contributed by atoms with Crippen LogP contribution in [-0.2, 0) is 20.0 Å². The van der Waals surface area contributed by atoms with Crippen LogP contribution in [0.4, 0.5) is 10.1 Å². The van der Waals surface area contributed by atoms with Crippen molar-refractivity contribution >= 4 is 25.7 Å². The molecular formula is C7H8FN3O4S2. The summed E-state index contributed by atoms with van der Waals surface area (Å²) in [7, 11) is -8.15. The average Bonchev–Trinajstić information content (AvgIpc) is 2.13. The van der Waals surface area contributed by atoms with E-state index in [9.17, 15) is 21.2 Å². The lowest BCUT2D eigenvalue weighted by Crippen LogP contribution is -2.35. The minimum Gasteiger partial charge on any atom is -0.370 e. The molecule has 0 radical (unpaired) electrons. The Kier molecular flexibility index (Phi) is 2.61. The molecule has 0 aromatic heterocycles. The zero-order valence-electron chi connectivity index (χ0n) is 8.27. The van der Waals surface area contributed by atoms with Gasteiger partial charge >= 0.3 is 0 Å². The molecule has 0 saturated heterocycles. The van der Waals surface area contributed by atoms with Crippen LogP contribution in [-0.4, -0.2) is 23.5 Å². The molecular weight excluding hydrogens is 273 g/mol. The summed E-state index contributed by atoms with van der Waals surface area (Å²) in [5.74, 6) is -1.10. The fourth-order valence-corrected chi connectivity index (χ4v) is 3.22. The average molecular weight is 281 g/mol. The van der Waals surface area contributed by atoms with Crippen LogP contribution in [0, 0.1) is 5.82 Å². The Labute approximate surface area is 96.9 Å². The van der Waals surface area contributed by atoms with Crippen LogP contribution in [0.3, 0.4) is 0 Å². The largest absolute Gasteiger partial charge is 0.370 e. The molecule has 1 aromatic carbocycles. The van der Waals surface area contributed by atoms with Crippen molar-refractivity contribution < 1.29 is 21.2 Å². The molecule has 0 aliphatic carbocycles. The number of primary sulfonamides is 1. The number of hydrogen-bond acceptors (Lipinski definition) is 5. The molecule has 0 bridgehead atoms. The Morgan fingerprint density at radius 3 is 2.59 bits per heavy atom. The monoisotopic (exact) mass is 281 g/mol. The van der Waals surface area contributed by atoms with Gasteiger partial charge in [-0.2, -0.15) is 4.72 Å². The first-order valence-corrected chi connectivity index (χ1v) is 7.35. The van der Waals surface area contributed by atoms with Gasteiger partial charge < -0.3 is 5.32 Å². The Balaban J connectivity index is 2.79. The van der Waals surface area contributed by atoms with Crippen molar-refractivity contribution in [2.24, 2.45) is 5.14 Å². The normalized spacial score (nSPS) is 18.2. The van der Waals surface area contributed by atoms with E-state index in [4.69, 9.17) is 5.14 Å². The molecule has 10 heteroatoms. The fourth-order valence-electron chi connectivity index (χ4n) is 1.42. The molecule has 1 heterocycles. The molecule has 4 N–H and O–H groups in total. The third-order valence-corrected chi connectivity index (χ3v) is 4.54. The van der Waals surface area contributed by atoms with E-state index in [0.717, 1.165) is 6.07 Å². The van der Waals surface area contributed by atoms with E-state index in [1.54, 1.807) is 0 Å². The molecule has 0 fully saturated rings. The summed E-state index contributed by atoms with van der Waals surface area (Å²) in [4.78, 5) is -1.21. The highest BCUT2D eigenvalue weighted by Crippen LogP contribution is 2.28. The first-order valence-electron chi connectivity index (χ1n) is 4.32. The third-order valence-electron chi connectivity index (χ3n) is 2.17. The van der Waals surface area contributed by atoms with Gasteiger partial charge in [-0.25, -0.2) is 26.4 Å². The highest BCUT2D eigenvalue weighted by Gasteiger charge is 2.27. The minimum atomic E-state index is -4.31. The number of hydrogen-bond donors (Lipinski definition) is 3. The summed E-state index contributed by atoms with van der Waals surface area (Å²) < 4.78 is 60.7. The van der Waals surface area contributed by atoms with Gasteiger partial charge in [0.2, 0.25) is 20.0 Å². The molecule has 17 heavy (non-hydrogen) atoms. The predicted molar refractivity (Wildman–Crippen MR) is 56.6 cm³/mol. The van der Waals surface area contributed by atoms with E-state index >= 15 is 0 Å². The second kappa shape index (κ2) is 3.63. The summed E-state index contributed by atoms with van der Waals surface area (Å²) in [5.41, 5.74) is -0.00588. The topological polar surface area (TPSA) is 118 Å². The maximum atomic E-state index is 13.4. The number of fused-ring (bicyclic) bond motifs is 1. The number of rotatable bonds is 1. The van der Waals surface area contributed by atoms with E-state index in [2.05, 4.69) is 10.0 Å². The van der Waals surface area contributed by atoms with Gasteiger partial charge in [-0.3, -0.25) is 0 Å². The van der Waals surface area contributed by atoms with Crippen LogP contribution in [0.1, 0.15) is 0 Å². The number of benzene rings is 1. The zero-order chi connectivity index (χ0) is 12.8. The second-order valence-electron chi connectivity index (χ2n) is 3.33. The SMILES string of the molecule is NS(=O)(=O)c1cc2c(cc1F)NCNS2(=O)=O. The summed E-state index contributed by atoms with van der Waals surface area (Å²) in [5, 5.41) is 7.35. The Morgan fingerprint density at radius 1 is 1.35 bits per heavy atom. The lowest BCUT2D eigenvalue weighted by Gasteiger charge is -2.19. The highest BCUT2D eigenvalue weighted by molar-refractivity contribution is 7.90. The van der Waals surface area contributed by atoms with Gasteiger partial charge in [0.15, 0.2) is 0 Å². The zero-order valence-corrected chi connectivity index (χ0v) is 9.90. The fraction of sp³-hybridized carbons (Fsp3) is 0.143. The second-order valence-corrected chi connectivity index (χ2v) is 6.59. The van der Waals surface area contributed by atoms with E-state index in [1.165, 1.54) is 0 Å². The number of halogens is 1. The van der Waals surface area contributed by atoms with Crippen molar-refractivity contribution in [3.05, 3.63) is 17.9 Å². The van der Waals surface area contributed by atoms with Crippen molar-refractivity contribution in [3.8, 4) is 0 Å². The molecule has 1 aromatic rings. The van der Waals surface area contributed by atoms with Gasteiger partial charge in [0, 0.05) is 0 Å². The van der Waals surface area contributed by atoms with Crippen LogP contribution in [0.5, 0.6) is 0 Å². The maximum Gasteiger partial charge on any atom is 0.244 e. The van der Waals surface area contributed by atoms with Crippen molar-refractivity contribution in [1.29, 1.82) is 0 Å². The van der Waals surface area contributed by atoms with Crippen molar-refractivity contribution in [2.45, 2.75) is 9.79 Å². The quantitative estimate of drug-likeness (QED) is 0.618. The molecule has 2 rings (SSSR count). The van der Waals surface area contributed by atoms with Crippen LogP contribution in [0.2, 0.25) is 0 Å². The van der Waals surface area contributed by atoms with Gasteiger partial charge in [0.1, 0.15) is 15.6 Å². The van der Waals surface area contributed by atoms with Crippen molar-refractivity contribution in [3.63, 3.8) is 0 Å². The number of anilines is 1. The van der Waals surface area contributed by atoms with E-state index in [0.29, 0.717) is 6.07 Å². The van der Waals surface area contributed by atoms with Crippen LogP contribution >= 0.6 is 0 Å². The van der Waals surface area contributed by atoms with Crippen LogP contribution < -0.4 is 15.2 Å². The molecule has 0 saturated carbocycles. The lowest BCUT2D eigenvalue weighted by atomic mass is 10.3. The third kappa shape index (κ3) is 2.11. The predicted octanol–water partition coefficient (Wildman–Crippen LogP) is -0.866. The van der Waals surface area contributed by atoms with Crippen LogP contribution in [0.15, 0.2) is 21.9 Å². The Morgan fingerprint density at radius 2 is 2.00 bits per heavy atom. The van der Waals surface area contributed by atoms with E-state index < -0.39 is 30.8 Å². The van der Waals surface area contributed by atoms with Gasteiger partial charge in [-0.15, -0.1) is 0 Å². The number of nitrogens with two attached hydrogens (primary N) is 1. The summed E-state index contributed by atoms with van der Waals surface area (Å²) in [6, 6.07) is 1.47. The molecule has 94 valence electrons. The first kappa shape index (κ1) is 12.2. The standard InChI is InChI=1S/C7H8FN3O4S2/c8-4-1-5-7(2-6(4)16(9,12)13)17(14,15)11-3-10-5/h1-2,10-11H,3H2,(H2,9,12,13). The van der Waals surface area contributed by atoms with Crippen molar-refractivity contribution in [1.82, 2.24) is 4.72 Å². The van der Waals surface area contributed by atoms with Crippen LogP contribution in [0.25, 0.3) is 0 Å². The highest BCUT2D eigenvalue weighted by atomic mass is 32.2. The summed E-state index contributed by atoms with van der Waals surface area (Å²) >= 11 is 0. The van der Waals surface area contributed by atoms with Gasteiger partial charge in [-0.05, 0) is 12.1 Å². The molecule has 0 amide bonds. The smallest absolute Gasteiger partial charge is 0.244 e. The molecule has 1 aliphatic heterocycles. The minimum absolute atomic E-state index is 0.00588. The maximum absolute atomic E-state index is 13.4. The van der Waals surface area contributed by atoms with Gasteiger partial charge in [0.25, 0.3) is 0 Å². The molecule has 0 spiro atoms. The van der Waals surface area contributed by atoms with E-state index in [-0.39, 0.29) is 17.3 Å². The summed E-state index contributed by atoms with van der Waals surface area (Å²) in [6.07, 6.45) is 0. The molecule has 1 aliphatic rings. The Bertz CT molecular complexity index is 683. The lowest BCUT2D eigenvalue weighted by molar-refractivity contribution is 0.563. The molecule has 0 unspecified atom stereocenters. The Hall–Kier alpha value is -1.23. The first-order chi connectivity index (χ1) is 7.72. The van der Waals surface area contributed by atoms with E-state index in [1.807, 2.05) is 0 Å². The summed E-state index contributed by atoms with van der Waals surface area (Å²) in [6.45, 7) is -0.0938. The number of sulfonamides is 2. The van der Waals surface area contributed by atoms with Crippen molar-refractivity contribution in [2.75, 3.05) is 12.0 Å². The molecule has 0 atom stereocenters. The number of nitrogens with one attached hydrogen (secondary N) is 2.